The van der Waals surface area contributed by atoms with Crippen LogP contribution in [0.4, 0.5) is 8.78 Å². The van der Waals surface area contributed by atoms with Crippen molar-refractivity contribution in [2.75, 3.05) is 6.54 Å². The van der Waals surface area contributed by atoms with E-state index in [9.17, 15) is 18.4 Å². The van der Waals surface area contributed by atoms with E-state index >= 15 is 0 Å². The molecule has 0 saturated heterocycles. The molecule has 1 heterocycles. The third kappa shape index (κ3) is 3.59. The molecule has 1 aliphatic carbocycles. The molecule has 5 nitrogen and oxygen atoms in total. The first-order chi connectivity index (χ1) is 11.5. The van der Waals surface area contributed by atoms with Gasteiger partial charge in [-0.1, -0.05) is 6.07 Å². The van der Waals surface area contributed by atoms with Gasteiger partial charge in [0, 0.05) is 24.3 Å². The molecule has 3 rings (SSSR count). The predicted octanol–water partition coefficient (Wildman–Crippen LogP) is 2.58. The number of carboxylic acids is 1. The van der Waals surface area contributed by atoms with Gasteiger partial charge in [-0.15, -0.1) is 11.3 Å². The van der Waals surface area contributed by atoms with Gasteiger partial charge in [-0.2, -0.15) is 0 Å². The lowest BCUT2D eigenvalue weighted by molar-refractivity contribution is -0.122. The molecule has 24 heavy (non-hydrogen) atoms. The summed E-state index contributed by atoms with van der Waals surface area (Å²) < 4.78 is 26.1. The van der Waals surface area contributed by atoms with E-state index in [1.807, 2.05) is 0 Å². The number of carbonyl (C=O) groups excluding carboxylic acids is 1. The fourth-order valence-corrected chi connectivity index (χ4v) is 3.32. The summed E-state index contributed by atoms with van der Waals surface area (Å²) in [6.07, 6.45) is 1.06. The molecule has 0 spiro atoms. The van der Waals surface area contributed by atoms with Gasteiger partial charge < -0.3 is 10.4 Å². The van der Waals surface area contributed by atoms with Gasteiger partial charge in [-0.05, 0) is 30.0 Å². The molecule has 8 heteroatoms. The van der Waals surface area contributed by atoms with Crippen LogP contribution >= 0.6 is 11.3 Å². The number of carboxylic acid groups (broad SMARTS) is 1. The minimum Gasteiger partial charge on any atom is -0.476 e. The minimum absolute atomic E-state index is 0.00178. The Bertz CT molecular complexity index is 793. The SMILES string of the molecule is O=C(O)c1csc(CCNC(=O)C2CC2c2ccc(F)c(F)c2)n1. The zero-order chi connectivity index (χ0) is 17.3. The molecule has 2 atom stereocenters. The molecule has 2 N–H and O–H groups in total. The number of aromatic nitrogens is 1. The molecule has 0 aliphatic heterocycles. The van der Waals surface area contributed by atoms with Crippen molar-refractivity contribution in [1.29, 1.82) is 0 Å². The second-order valence-electron chi connectivity index (χ2n) is 5.59. The van der Waals surface area contributed by atoms with Gasteiger partial charge in [0.05, 0.1) is 5.01 Å². The summed E-state index contributed by atoms with van der Waals surface area (Å²) in [4.78, 5) is 26.7. The van der Waals surface area contributed by atoms with Crippen molar-refractivity contribution < 1.29 is 23.5 Å². The van der Waals surface area contributed by atoms with E-state index in [-0.39, 0.29) is 23.4 Å². The monoisotopic (exact) mass is 352 g/mol. The van der Waals surface area contributed by atoms with E-state index in [1.165, 1.54) is 22.8 Å². The second kappa shape index (κ2) is 6.64. The summed E-state index contributed by atoms with van der Waals surface area (Å²) in [5.41, 5.74) is 0.627. The van der Waals surface area contributed by atoms with Crippen molar-refractivity contribution in [2.24, 2.45) is 5.92 Å². The number of aromatic carboxylic acids is 1. The average Bonchev–Trinajstić information content (AvgIpc) is 3.20. The number of amides is 1. The minimum atomic E-state index is -1.08. The zero-order valence-electron chi connectivity index (χ0n) is 12.5. The van der Waals surface area contributed by atoms with Gasteiger partial charge in [0.2, 0.25) is 5.91 Å². The fourth-order valence-electron chi connectivity index (χ4n) is 2.54. The van der Waals surface area contributed by atoms with E-state index in [0.717, 1.165) is 12.1 Å². The lowest BCUT2D eigenvalue weighted by Crippen LogP contribution is -2.27. The van der Waals surface area contributed by atoms with Crippen LogP contribution < -0.4 is 5.32 Å². The lowest BCUT2D eigenvalue weighted by atomic mass is 10.1. The molecular weight excluding hydrogens is 338 g/mol. The Morgan fingerprint density at radius 2 is 2.12 bits per heavy atom. The Morgan fingerprint density at radius 3 is 2.79 bits per heavy atom. The molecule has 1 aromatic heterocycles. The summed E-state index contributed by atoms with van der Waals surface area (Å²) in [5.74, 6) is -3.34. The van der Waals surface area contributed by atoms with Crippen molar-refractivity contribution in [2.45, 2.75) is 18.8 Å². The first kappa shape index (κ1) is 16.5. The van der Waals surface area contributed by atoms with Crippen molar-refractivity contribution >= 4 is 23.2 Å². The largest absolute Gasteiger partial charge is 0.476 e. The van der Waals surface area contributed by atoms with Crippen LogP contribution in [0.25, 0.3) is 0 Å². The van der Waals surface area contributed by atoms with Crippen molar-refractivity contribution in [3.8, 4) is 0 Å². The number of nitrogens with zero attached hydrogens (tertiary/aromatic N) is 1. The van der Waals surface area contributed by atoms with Crippen LogP contribution in [0.15, 0.2) is 23.6 Å². The van der Waals surface area contributed by atoms with Gasteiger partial charge in [-0.3, -0.25) is 4.79 Å². The molecule has 1 aliphatic rings. The second-order valence-corrected chi connectivity index (χ2v) is 6.54. The van der Waals surface area contributed by atoms with Crippen LogP contribution in [0.5, 0.6) is 0 Å². The summed E-state index contributed by atoms with van der Waals surface area (Å²) in [6.45, 7) is 0.354. The van der Waals surface area contributed by atoms with Crippen molar-refractivity contribution in [3.63, 3.8) is 0 Å². The summed E-state index contributed by atoms with van der Waals surface area (Å²) in [6, 6.07) is 3.70. The van der Waals surface area contributed by atoms with Crippen molar-refractivity contribution in [3.05, 3.63) is 51.5 Å². The van der Waals surface area contributed by atoms with Crippen molar-refractivity contribution in [1.82, 2.24) is 10.3 Å². The number of benzene rings is 1. The third-order valence-corrected chi connectivity index (χ3v) is 4.82. The molecule has 1 aromatic carbocycles. The summed E-state index contributed by atoms with van der Waals surface area (Å²) in [7, 11) is 0. The molecule has 0 radical (unpaired) electrons. The molecule has 2 unspecified atom stereocenters. The molecule has 1 fully saturated rings. The number of thiazole rings is 1. The molecule has 2 aromatic rings. The maximum Gasteiger partial charge on any atom is 0.355 e. The fraction of sp³-hybridized carbons (Fsp3) is 0.312. The third-order valence-electron chi connectivity index (χ3n) is 3.91. The summed E-state index contributed by atoms with van der Waals surface area (Å²) in [5, 5.41) is 13.7. The predicted molar refractivity (Wildman–Crippen MR) is 83.0 cm³/mol. The molecular formula is C16H14F2N2O3S. The number of halogens is 2. The lowest BCUT2D eigenvalue weighted by Gasteiger charge is -2.04. The molecule has 126 valence electrons. The normalized spacial score (nSPS) is 19.1. The number of rotatable bonds is 6. The highest BCUT2D eigenvalue weighted by Gasteiger charge is 2.44. The Labute approximate surface area is 140 Å². The quantitative estimate of drug-likeness (QED) is 0.837. The molecule has 1 amide bonds. The van der Waals surface area contributed by atoms with Crippen LogP contribution in [0.3, 0.4) is 0 Å². The van der Waals surface area contributed by atoms with Crippen LogP contribution in [-0.4, -0.2) is 28.5 Å². The highest BCUT2D eigenvalue weighted by atomic mass is 32.1. The molecule has 0 bridgehead atoms. The highest BCUT2D eigenvalue weighted by Crippen LogP contribution is 2.47. The van der Waals surface area contributed by atoms with Gasteiger partial charge in [0.1, 0.15) is 0 Å². The Kier molecular flexibility index (Phi) is 4.57. The van der Waals surface area contributed by atoms with Crippen LogP contribution in [0, 0.1) is 17.6 Å². The first-order valence-corrected chi connectivity index (χ1v) is 8.24. The standard InChI is InChI=1S/C16H14F2N2O3S/c17-11-2-1-8(5-12(11)18)9-6-10(9)15(21)19-4-3-14-20-13(7-24-14)16(22)23/h1-2,5,7,9-10H,3-4,6H2,(H,19,21)(H,22,23). The Morgan fingerprint density at radius 1 is 1.33 bits per heavy atom. The van der Waals surface area contributed by atoms with E-state index in [2.05, 4.69) is 10.3 Å². The topological polar surface area (TPSA) is 79.3 Å². The number of hydrogen-bond donors (Lipinski definition) is 2. The number of hydrogen-bond acceptors (Lipinski definition) is 4. The van der Waals surface area contributed by atoms with E-state index in [0.29, 0.717) is 30.0 Å². The van der Waals surface area contributed by atoms with Gasteiger partial charge in [0.15, 0.2) is 17.3 Å². The van der Waals surface area contributed by atoms with E-state index in [1.54, 1.807) is 0 Å². The van der Waals surface area contributed by atoms with Gasteiger partial charge in [0.25, 0.3) is 0 Å². The van der Waals surface area contributed by atoms with Crippen LogP contribution in [0.2, 0.25) is 0 Å². The van der Waals surface area contributed by atoms with Crippen LogP contribution in [0.1, 0.15) is 33.4 Å². The molecule has 1 saturated carbocycles. The Hall–Kier alpha value is -2.35. The summed E-state index contributed by atoms with van der Waals surface area (Å²) >= 11 is 1.23. The van der Waals surface area contributed by atoms with Crippen LogP contribution in [-0.2, 0) is 11.2 Å². The first-order valence-electron chi connectivity index (χ1n) is 7.36. The van der Waals surface area contributed by atoms with Gasteiger partial charge in [-0.25, -0.2) is 18.6 Å². The van der Waals surface area contributed by atoms with E-state index in [4.69, 9.17) is 5.11 Å². The number of nitrogens with one attached hydrogen (secondary N) is 1. The smallest absolute Gasteiger partial charge is 0.355 e. The zero-order valence-corrected chi connectivity index (χ0v) is 13.3. The van der Waals surface area contributed by atoms with Gasteiger partial charge >= 0.3 is 5.97 Å². The average molecular weight is 352 g/mol. The van der Waals surface area contributed by atoms with E-state index < -0.39 is 17.6 Å². The number of carbonyl (C=O) groups is 2. The maximum atomic E-state index is 13.2. The maximum absolute atomic E-state index is 13.2. The Balaban J connectivity index is 1.48. The highest BCUT2D eigenvalue weighted by molar-refractivity contribution is 7.09.